The van der Waals surface area contributed by atoms with Gasteiger partial charge in [0.2, 0.25) is 0 Å². The number of hydrogen-bond acceptors (Lipinski definition) is 7. The molecule has 0 rings (SSSR count). The molecule has 0 aliphatic rings. The van der Waals surface area contributed by atoms with E-state index in [-0.39, 0.29) is 24.6 Å². The first-order valence-electron chi connectivity index (χ1n) is 14.8. The normalized spacial score (nSPS) is 14.8. The van der Waals surface area contributed by atoms with Crippen molar-refractivity contribution >= 4 is 25.7 Å². The Morgan fingerprint density at radius 2 is 1.28 bits per heavy atom. The van der Waals surface area contributed by atoms with Crippen LogP contribution in [-0.2, 0) is 22.9 Å². The van der Waals surface area contributed by atoms with Gasteiger partial charge in [0.15, 0.2) is 0 Å². The Balaban J connectivity index is 4.79. The summed E-state index contributed by atoms with van der Waals surface area (Å²) in [5.74, 6) is 1.06. The fraction of sp³-hybridized carbons (Fsp3) is 0.964. The Bertz CT molecular complexity index is 548. The molecule has 0 aromatic carbocycles. The zero-order valence-electron chi connectivity index (χ0n) is 24.1. The lowest BCUT2D eigenvalue weighted by molar-refractivity contribution is 0.0589. The summed E-state index contributed by atoms with van der Waals surface area (Å²) in [4.78, 5) is 11.9. The summed E-state index contributed by atoms with van der Waals surface area (Å²) in [5.41, 5.74) is 0. The van der Waals surface area contributed by atoms with E-state index in [2.05, 4.69) is 13.8 Å². The summed E-state index contributed by atoms with van der Waals surface area (Å²) in [6, 6.07) is 0. The largest absolute Gasteiger partial charge is 0.534 e. The van der Waals surface area contributed by atoms with Gasteiger partial charge < -0.3 is 9.26 Å². The standard InChI is InChI=1S/C28H57O6PS/c1-6-10-12-14-16-18-20-22-25-36-27(23-21-19-17-15-13-11-7-2)26(5)33-35(30,32-24-8-3)34-28(29)31-9-4/h26-27H,6-25H2,1-5H3. The SMILES string of the molecule is CCCCCCCCCCSC(CCCCCCCCC)C(C)OP(=O)(OCCC)OC(=O)OCC. The topological polar surface area (TPSA) is 71.1 Å². The van der Waals surface area contributed by atoms with Crippen LogP contribution in [0.1, 0.15) is 144 Å². The molecule has 0 saturated carbocycles. The third-order valence-corrected chi connectivity index (χ3v) is 9.18. The van der Waals surface area contributed by atoms with Crippen LogP contribution in [0, 0.1) is 0 Å². The Kier molecular flexibility index (Phi) is 24.9. The molecule has 0 fully saturated rings. The van der Waals surface area contributed by atoms with Crippen molar-refractivity contribution in [1.29, 1.82) is 0 Å². The third-order valence-electron chi connectivity index (χ3n) is 6.14. The Labute approximate surface area is 227 Å². The molecule has 6 nitrogen and oxygen atoms in total. The van der Waals surface area contributed by atoms with Gasteiger partial charge in [-0.3, -0.25) is 9.05 Å². The predicted octanol–water partition coefficient (Wildman–Crippen LogP) is 10.5. The van der Waals surface area contributed by atoms with E-state index < -0.39 is 14.0 Å². The maximum atomic E-state index is 13.2. The van der Waals surface area contributed by atoms with Gasteiger partial charge in [-0.05, 0) is 38.9 Å². The molecule has 0 aromatic heterocycles. The second-order valence-corrected chi connectivity index (χ2v) is 12.6. The molecular formula is C28H57O6PS. The molecule has 0 saturated heterocycles. The minimum Gasteiger partial charge on any atom is -0.434 e. The van der Waals surface area contributed by atoms with Gasteiger partial charge in [-0.25, -0.2) is 9.36 Å². The van der Waals surface area contributed by atoms with Crippen LogP contribution < -0.4 is 0 Å². The predicted molar refractivity (Wildman–Crippen MR) is 154 cm³/mol. The molecule has 0 spiro atoms. The van der Waals surface area contributed by atoms with Crippen molar-refractivity contribution in [2.45, 2.75) is 155 Å². The van der Waals surface area contributed by atoms with E-state index >= 15 is 0 Å². The van der Waals surface area contributed by atoms with Crippen molar-refractivity contribution in [3.63, 3.8) is 0 Å². The van der Waals surface area contributed by atoms with E-state index in [4.69, 9.17) is 18.3 Å². The van der Waals surface area contributed by atoms with E-state index in [1.165, 1.54) is 89.9 Å². The number of phosphoric ester groups is 1. The average molecular weight is 553 g/mol. The van der Waals surface area contributed by atoms with E-state index in [1.807, 2.05) is 25.6 Å². The van der Waals surface area contributed by atoms with Crippen molar-refractivity contribution in [2.75, 3.05) is 19.0 Å². The maximum Gasteiger partial charge on any atom is 0.534 e. The molecule has 0 bridgehead atoms. The van der Waals surface area contributed by atoms with Crippen molar-refractivity contribution < 1.29 is 27.7 Å². The van der Waals surface area contributed by atoms with E-state index in [1.54, 1.807) is 6.92 Å². The zero-order valence-corrected chi connectivity index (χ0v) is 25.8. The van der Waals surface area contributed by atoms with Gasteiger partial charge in [0.1, 0.15) is 0 Å². The van der Waals surface area contributed by atoms with Crippen LogP contribution in [0.15, 0.2) is 0 Å². The molecule has 0 heterocycles. The number of hydrogen-bond donors (Lipinski definition) is 0. The highest BCUT2D eigenvalue weighted by Gasteiger charge is 2.36. The highest BCUT2D eigenvalue weighted by Crippen LogP contribution is 2.52. The lowest BCUT2D eigenvalue weighted by Crippen LogP contribution is -2.24. The van der Waals surface area contributed by atoms with Gasteiger partial charge in [-0.1, -0.05) is 111 Å². The highest BCUT2D eigenvalue weighted by molar-refractivity contribution is 7.99. The van der Waals surface area contributed by atoms with Crippen LogP contribution in [0.3, 0.4) is 0 Å². The fourth-order valence-electron chi connectivity index (χ4n) is 4.02. The second-order valence-electron chi connectivity index (χ2n) is 9.66. The Hall–Kier alpha value is -0.230. The number of carbonyl (C=O) groups excluding carboxylic acids is 1. The van der Waals surface area contributed by atoms with E-state index in [0.717, 1.165) is 18.6 Å². The third kappa shape index (κ3) is 20.8. The first kappa shape index (κ1) is 35.8. The summed E-state index contributed by atoms with van der Waals surface area (Å²) in [6.07, 6.45) is 19.4. The minimum atomic E-state index is -4.04. The maximum absolute atomic E-state index is 13.2. The Morgan fingerprint density at radius 1 is 0.750 bits per heavy atom. The van der Waals surface area contributed by atoms with Crippen LogP contribution in [0.2, 0.25) is 0 Å². The van der Waals surface area contributed by atoms with Gasteiger partial charge in [0, 0.05) is 5.25 Å². The second kappa shape index (κ2) is 25.1. The smallest absolute Gasteiger partial charge is 0.434 e. The highest BCUT2D eigenvalue weighted by atomic mass is 32.2. The van der Waals surface area contributed by atoms with Gasteiger partial charge in [-0.2, -0.15) is 11.8 Å². The number of unbranched alkanes of at least 4 members (excludes halogenated alkanes) is 13. The van der Waals surface area contributed by atoms with Gasteiger partial charge in [0.05, 0.1) is 19.3 Å². The quantitative estimate of drug-likeness (QED) is 0.0600. The molecule has 3 unspecified atom stereocenters. The molecule has 8 heteroatoms. The van der Waals surface area contributed by atoms with Crippen molar-refractivity contribution in [2.24, 2.45) is 0 Å². The molecule has 216 valence electrons. The van der Waals surface area contributed by atoms with Crippen LogP contribution in [0.4, 0.5) is 4.79 Å². The number of rotatable bonds is 26. The summed E-state index contributed by atoms with van der Waals surface area (Å²) in [5, 5.41) is 0.176. The summed E-state index contributed by atoms with van der Waals surface area (Å²) in [7, 11) is -4.04. The van der Waals surface area contributed by atoms with Crippen LogP contribution >= 0.6 is 19.6 Å². The van der Waals surface area contributed by atoms with Gasteiger partial charge in [-0.15, -0.1) is 0 Å². The lowest BCUT2D eigenvalue weighted by Gasteiger charge is -2.27. The molecule has 0 aromatic rings. The van der Waals surface area contributed by atoms with Crippen molar-refractivity contribution in [3.8, 4) is 0 Å². The number of carbonyl (C=O) groups is 1. The van der Waals surface area contributed by atoms with Crippen LogP contribution in [-0.4, -0.2) is 36.5 Å². The Morgan fingerprint density at radius 3 is 1.81 bits per heavy atom. The summed E-state index contributed by atoms with van der Waals surface area (Å²) >= 11 is 1.89. The van der Waals surface area contributed by atoms with Gasteiger partial charge >= 0.3 is 14.0 Å². The molecule has 0 amide bonds. The fourth-order valence-corrected chi connectivity index (χ4v) is 6.78. The minimum absolute atomic E-state index is 0.136. The monoisotopic (exact) mass is 552 g/mol. The van der Waals surface area contributed by atoms with Gasteiger partial charge in [0.25, 0.3) is 0 Å². The van der Waals surface area contributed by atoms with E-state index in [0.29, 0.717) is 6.42 Å². The number of thioether (sulfide) groups is 1. The first-order valence-corrected chi connectivity index (χ1v) is 17.3. The molecular weight excluding hydrogens is 495 g/mol. The molecule has 0 aliphatic carbocycles. The molecule has 0 N–H and O–H groups in total. The lowest BCUT2D eigenvalue weighted by atomic mass is 10.1. The zero-order chi connectivity index (χ0) is 26.9. The summed E-state index contributed by atoms with van der Waals surface area (Å²) in [6.45, 7) is 10.3. The molecule has 0 radical (unpaired) electrons. The molecule has 36 heavy (non-hydrogen) atoms. The average Bonchev–Trinajstić information content (AvgIpc) is 2.84. The van der Waals surface area contributed by atoms with Crippen LogP contribution in [0.5, 0.6) is 0 Å². The summed E-state index contributed by atoms with van der Waals surface area (Å²) < 4.78 is 34.3. The number of phosphoric acid groups is 1. The van der Waals surface area contributed by atoms with Crippen LogP contribution in [0.25, 0.3) is 0 Å². The molecule has 0 aliphatic heterocycles. The number of ether oxygens (including phenoxy) is 1. The molecule has 3 atom stereocenters. The van der Waals surface area contributed by atoms with Crippen molar-refractivity contribution in [1.82, 2.24) is 0 Å². The first-order chi connectivity index (χ1) is 17.4. The van der Waals surface area contributed by atoms with Crippen molar-refractivity contribution in [3.05, 3.63) is 0 Å². The van der Waals surface area contributed by atoms with E-state index in [9.17, 15) is 9.36 Å².